The third-order valence-electron chi connectivity index (χ3n) is 5.45. The van der Waals surface area contributed by atoms with Crippen molar-refractivity contribution in [1.82, 2.24) is 4.90 Å². The molecule has 1 aromatic rings. The maximum Gasteiger partial charge on any atom is 0.233 e. The van der Waals surface area contributed by atoms with Crippen LogP contribution in [0.2, 0.25) is 0 Å². The highest BCUT2D eigenvalue weighted by atomic mass is 16.5. The fraction of sp³-hybridized carbons (Fsp3) is 0.632. The van der Waals surface area contributed by atoms with E-state index in [1.54, 1.807) is 14.2 Å². The van der Waals surface area contributed by atoms with E-state index in [0.29, 0.717) is 11.7 Å². The summed E-state index contributed by atoms with van der Waals surface area (Å²) >= 11 is 0. The number of rotatable bonds is 4. The van der Waals surface area contributed by atoms with Gasteiger partial charge in [-0.2, -0.15) is 0 Å². The number of methoxy groups -OCH3 is 2. The van der Waals surface area contributed by atoms with E-state index < -0.39 is 0 Å². The number of carbonyl (C=O) groups excluding carboxylic acids is 1. The Bertz CT molecular complexity index is 558. The number of likely N-dealkylation sites (tertiary alicyclic amines) is 1. The first-order chi connectivity index (χ1) is 11.2. The first-order valence-corrected chi connectivity index (χ1v) is 8.73. The van der Waals surface area contributed by atoms with Crippen LogP contribution >= 0.6 is 0 Å². The molecule has 126 valence electrons. The lowest BCUT2D eigenvalue weighted by Gasteiger charge is -2.37. The molecule has 2 aliphatic rings. The molecule has 1 aliphatic carbocycles. The average Bonchev–Trinajstić information content (AvgIpc) is 3.12. The number of hydrogen-bond donors (Lipinski definition) is 0. The zero-order valence-electron chi connectivity index (χ0n) is 14.3. The first-order valence-electron chi connectivity index (χ1n) is 8.73. The van der Waals surface area contributed by atoms with Gasteiger partial charge in [0, 0.05) is 13.1 Å². The first kappa shape index (κ1) is 16.2. The molecule has 3 rings (SSSR count). The highest BCUT2D eigenvalue weighted by Crippen LogP contribution is 2.45. The summed E-state index contributed by atoms with van der Waals surface area (Å²) in [5.74, 6) is 1.75. The fourth-order valence-corrected chi connectivity index (χ4v) is 4.14. The lowest BCUT2D eigenvalue weighted by atomic mass is 9.77. The van der Waals surface area contributed by atoms with E-state index in [9.17, 15) is 4.79 Å². The van der Waals surface area contributed by atoms with E-state index in [1.165, 1.54) is 6.42 Å². The van der Waals surface area contributed by atoms with Crippen LogP contribution in [0.5, 0.6) is 11.5 Å². The van der Waals surface area contributed by atoms with Crippen LogP contribution in [0.1, 0.15) is 50.5 Å². The van der Waals surface area contributed by atoms with Crippen LogP contribution in [-0.2, 0) is 10.2 Å². The normalized spacial score (nSPS) is 20.3. The van der Waals surface area contributed by atoms with Gasteiger partial charge in [-0.3, -0.25) is 4.79 Å². The van der Waals surface area contributed by atoms with Crippen molar-refractivity contribution >= 4 is 5.91 Å². The van der Waals surface area contributed by atoms with E-state index in [2.05, 4.69) is 11.0 Å². The summed E-state index contributed by atoms with van der Waals surface area (Å²) < 4.78 is 10.8. The number of piperidine rings is 1. The maximum absolute atomic E-state index is 13.3. The van der Waals surface area contributed by atoms with Gasteiger partial charge in [0.15, 0.2) is 11.5 Å². The van der Waals surface area contributed by atoms with Crippen molar-refractivity contribution in [1.29, 1.82) is 0 Å². The lowest BCUT2D eigenvalue weighted by Crippen LogP contribution is -2.47. The summed E-state index contributed by atoms with van der Waals surface area (Å²) in [7, 11) is 3.29. The average molecular weight is 317 g/mol. The number of ether oxygens (including phenoxy) is 2. The van der Waals surface area contributed by atoms with Gasteiger partial charge in [-0.1, -0.05) is 18.9 Å². The van der Waals surface area contributed by atoms with Crippen molar-refractivity contribution in [3.63, 3.8) is 0 Å². The van der Waals surface area contributed by atoms with Gasteiger partial charge >= 0.3 is 0 Å². The molecule has 2 fully saturated rings. The Kier molecular flexibility index (Phi) is 4.79. The molecule has 1 saturated heterocycles. The zero-order valence-corrected chi connectivity index (χ0v) is 14.3. The Hall–Kier alpha value is -1.71. The minimum absolute atomic E-state index is 0.321. The van der Waals surface area contributed by atoms with Crippen molar-refractivity contribution in [3.05, 3.63) is 23.8 Å². The predicted octanol–water partition coefficient (Wildman–Crippen LogP) is 3.53. The third kappa shape index (κ3) is 2.91. The van der Waals surface area contributed by atoms with Crippen molar-refractivity contribution in [2.24, 2.45) is 0 Å². The van der Waals surface area contributed by atoms with Gasteiger partial charge in [-0.25, -0.2) is 0 Å². The molecule has 1 amide bonds. The number of hydrogen-bond acceptors (Lipinski definition) is 3. The molecule has 0 N–H and O–H groups in total. The SMILES string of the molecule is COc1ccc(C2(C(=O)N3CCCCC3)CCCC2)cc1OC. The number of nitrogens with zero attached hydrogens (tertiary/aromatic N) is 1. The molecule has 0 radical (unpaired) electrons. The number of carbonyl (C=O) groups is 1. The highest BCUT2D eigenvalue weighted by Gasteiger charge is 2.45. The summed E-state index contributed by atoms with van der Waals surface area (Å²) in [5, 5.41) is 0. The second-order valence-corrected chi connectivity index (χ2v) is 6.71. The van der Waals surface area contributed by atoms with Gasteiger partial charge in [-0.15, -0.1) is 0 Å². The van der Waals surface area contributed by atoms with Crippen molar-refractivity contribution in [3.8, 4) is 11.5 Å². The smallest absolute Gasteiger partial charge is 0.233 e. The summed E-state index contributed by atoms with van der Waals surface area (Å²) in [4.78, 5) is 15.4. The molecule has 4 nitrogen and oxygen atoms in total. The Morgan fingerprint density at radius 2 is 1.61 bits per heavy atom. The summed E-state index contributed by atoms with van der Waals surface area (Å²) in [5.41, 5.74) is 0.722. The molecule has 1 heterocycles. The summed E-state index contributed by atoms with van der Waals surface area (Å²) in [6.45, 7) is 1.82. The van der Waals surface area contributed by atoms with Crippen LogP contribution in [0.25, 0.3) is 0 Å². The molecule has 1 aliphatic heterocycles. The molecule has 1 aromatic carbocycles. The topological polar surface area (TPSA) is 38.8 Å². The number of amides is 1. The molecule has 0 aromatic heterocycles. The number of benzene rings is 1. The molecule has 0 atom stereocenters. The Morgan fingerprint density at radius 1 is 0.957 bits per heavy atom. The van der Waals surface area contributed by atoms with Crippen LogP contribution in [-0.4, -0.2) is 38.1 Å². The van der Waals surface area contributed by atoms with E-state index in [-0.39, 0.29) is 5.41 Å². The lowest BCUT2D eigenvalue weighted by molar-refractivity contribution is -0.138. The molecule has 0 bridgehead atoms. The van der Waals surface area contributed by atoms with E-state index in [0.717, 1.165) is 62.9 Å². The van der Waals surface area contributed by atoms with Gasteiger partial charge in [0.1, 0.15) is 0 Å². The van der Waals surface area contributed by atoms with E-state index in [4.69, 9.17) is 9.47 Å². The van der Waals surface area contributed by atoms with Gasteiger partial charge in [-0.05, 0) is 49.8 Å². The fourth-order valence-electron chi connectivity index (χ4n) is 4.14. The molecular formula is C19H27NO3. The van der Waals surface area contributed by atoms with Crippen LogP contribution in [0.4, 0.5) is 0 Å². The van der Waals surface area contributed by atoms with Gasteiger partial charge < -0.3 is 14.4 Å². The zero-order chi connectivity index (χ0) is 16.3. The second kappa shape index (κ2) is 6.81. The molecule has 0 spiro atoms. The molecule has 0 unspecified atom stereocenters. The van der Waals surface area contributed by atoms with Crippen molar-refractivity contribution < 1.29 is 14.3 Å². The Morgan fingerprint density at radius 3 is 2.22 bits per heavy atom. The molecule has 4 heteroatoms. The van der Waals surface area contributed by atoms with Gasteiger partial charge in [0.25, 0.3) is 0 Å². The van der Waals surface area contributed by atoms with Crippen LogP contribution in [0.3, 0.4) is 0 Å². The Labute approximate surface area is 138 Å². The standard InChI is InChI=1S/C19H27NO3/c1-22-16-9-8-15(14-17(16)23-2)19(10-4-5-11-19)18(21)20-12-6-3-7-13-20/h8-9,14H,3-7,10-13H2,1-2H3. The minimum Gasteiger partial charge on any atom is -0.493 e. The Balaban J connectivity index is 1.95. The van der Waals surface area contributed by atoms with E-state index >= 15 is 0 Å². The van der Waals surface area contributed by atoms with Crippen LogP contribution in [0.15, 0.2) is 18.2 Å². The second-order valence-electron chi connectivity index (χ2n) is 6.71. The summed E-state index contributed by atoms with van der Waals surface area (Å²) in [6.07, 6.45) is 7.63. The maximum atomic E-state index is 13.3. The molecule has 23 heavy (non-hydrogen) atoms. The minimum atomic E-state index is -0.364. The van der Waals surface area contributed by atoms with E-state index in [1.807, 2.05) is 12.1 Å². The van der Waals surface area contributed by atoms with Gasteiger partial charge in [0.05, 0.1) is 19.6 Å². The quantitative estimate of drug-likeness (QED) is 0.853. The largest absolute Gasteiger partial charge is 0.493 e. The molecular weight excluding hydrogens is 290 g/mol. The summed E-state index contributed by atoms with van der Waals surface area (Å²) in [6, 6.07) is 5.98. The van der Waals surface area contributed by atoms with Crippen molar-refractivity contribution in [2.75, 3.05) is 27.3 Å². The highest BCUT2D eigenvalue weighted by molar-refractivity contribution is 5.89. The van der Waals surface area contributed by atoms with Crippen LogP contribution < -0.4 is 9.47 Å². The predicted molar refractivity (Wildman–Crippen MR) is 90.1 cm³/mol. The monoisotopic (exact) mass is 317 g/mol. The van der Waals surface area contributed by atoms with Crippen LogP contribution in [0, 0.1) is 0 Å². The van der Waals surface area contributed by atoms with Crippen molar-refractivity contribution in [2.45, 2.75) is 50.4 Å². The molecule has 1 saturated carbocycles. The third-order valence-corrected chi connectivity index (χ3v) is 5.45. The van der Waals surface area contributed by atoms with Gasteiger partial charge in [0.2, 0.25) is 5.91 Å².